The minimum Gasteiger partial charge on any atom is -0.480 e. The first-order chi connectivity index (χ1) is 16.9. The van der Waals surface area contributed by atoms with Crippen LogP contribution in [0.2, 0.25) is 0 Å². The Morgan fingerprint density at radius 1 is 0.971 bits per heavy atom. The van der Waals surface area contributed by atoms with E-state index in [-0.39, 0.29) is 43.8 Å². The van der Waals surface area contributed by atoms with E-state index in [2.05, 4.69) is 34.9 Å². The molecule has 0 heterocycles. The minimum absolute atomic E-state index is 0.00974. The number of carbonyl (C=O) groups excluding carboxylic acids is 2. The second kappa shape index (κ2) is 12.9. The quantitative estimate of drug-likeness (QED) is 0.345. The number of aliphatic carboxylic acids is 1. The van der Waals surface area contributed by atoms with E-state index in [0.717, 1.165) is 17.5 Å². The third-order valence-electron chi connectivity index (χ3n) is 6.57. The number of hydrogen-bond acceptors (Lipinski definition) is 5. The van der Waals surface area contributed by atoms with E-state index in [0.29, 0.717) is 19.4 Å². The van der Waals surface area contributed by atoms with Gasteiger partial charge in [-0.15, -0.1) is 0 Å². The lowest BCUT2D eigenvalue weighted by atomic mass is 9.96. The van der Waals surface area contributed by atoms with Gasteiger partial charge in [-0.3, -0.25) is 4.79 Å². The van der Waals surface area contributed by atoms with Crippen LogP contribution in [0.1, 0.15) is 56.1 Å². The maximum absolute atomic E-state index is 12.3. The van der Waals surface area contributed by atoms with Crippen LogP contribution in [-0.4, -0.2) is 54.0 Å². The van der Waals surface area contributed by atoms with Gasteiger partial charge in [0.1, 0.15) is 12.6 Å². The van der Waals surface area contributed by atoms with E-state index in [1.54, 1.807) is 0 Å². The van der Waals surface area contributed by atoms with Gasteiger partial charge >= 0.3 is 12.1 Å². The number of hydrogen-bond donors (Lipinski definition) is 4. The number of rotatable bonds is 13. The Bertz CT molecular complexity index is 979. The lowest BCUT2D eigenvalue weighted by Crippen LogP contribution is -2.41. The van der Waals surface area contributed by atoms with Crippen LogP contribution in [0.5, 0.6) is 0 Å². The van der Waals surface area contributed by atoms with Crippen LogP contribution in [0.25, 0.3) is 11.1 Å². The van der Waals surface area contributed by atoms with E-state index < -0.39 is 18.1 Å². The fraction of sp³-hybridized carbons (Fsp3) is 0.444. The van der Waals surface area contributed by atoms with E-state index in [9.17, 15) is 14.4 Å². The first kappa shape index (κ1) is 26.2. The van der Waals surface area contributed by atoms with Crippen molar-refractivity contribution in [2.24, 2.45) is 5.92 Å². The number of fused-ring (bicyclic) bond motifs is 3. The fourth-order valence-electron chi connectivity index (χ4n) is 4.57. The van der Waals surface area contributed by atoms with Crippen LogP contribution < -0.4 is 10.6 Å². The first-order valence-corrected chi connectivity index (χ1v) is 12.2. The summed E-state index contributed by atoms with van der Waals surface area (Å²) in [5.74, 6) is -1.30. The molecule has 35 heavy (non-hydrogen) atoms. The number of benzene rings is 2. The van der Waals surface area contributed by atoms with Crippen LogP contribution in [0.4, 0.5) is 4.79 Å². The maximum atomic E-state index is 12.3. The van der Waals surface area contributed by atoms with Crippen molar-refractivity contribution in [3.63, 3.8) is 0 Å². The molecule has 0 bridgehead atoms. The second-order valence-corrected chi connectivity index (χ2v) is 8.82. The summed E-state index contributed by atoms with van der Waals surface area (Å²) in [4.78, 5) is 35.5. The molecular formula is C27H34N2O6. The molecule has 1 unspecified atom stereocenters. The third-order valence-corrected chi connectivity index (χ3v) is 6.57. The second-order valence-electron chi connectivity index (χ2n) is 8.82. The highest BCUT2D eigenvalue weighted by Gasteiger charge is 2.29. The lowest BCUT2D eigenvalue weighted by molar-refractivity contribution is -0.142. The predicted octanol–water partition coefficient (Wildman–Crippen LogP) is 3.67. The normalized spacial score (nSPS) is 13.9. The number of aliphatic hydroxyl groups excluding tert-OH is 1. The zero-order valence-electron chi connectivity index (χ0n) is 20.0. The molecule has 4 N–H and O–H groups in total. The Labute approximate surface area is 205 Å². The number of carboxylic acid groups (broad SMARTS) is 1. The van der Waals surface area contributed by atoms with Gasteiger partial charge in [-0.1, -0.05) is 61.9 Å². The summed E-state index contributed by atoms with van der Waals surface area (Å²) in [7, 11) is 0. The zero-order valence-corrected chi connectivity index (χ0v) is 20.0. The molecule has 3 rings (SSSR count). The molecule has 1 aliphatic rings. The summed E-state index contributed by atoms with van der Waals surface area (Å²) in [6, 6.07) is 15.3. The Morgan fingerprint density at radius 3 is 2.17 bits per heavy atom. The van der Waals surface area contributed by atoms with Crippen molar-refractivity contribution in [1.82, 2.24) is 10.6 Å². The number of amides is 2. The van der Waals surface area contributed by atoms with Gasteiger partial charge in [-0.05, 0) is 41.0 Å². The van der Waals surface area contributed by atoms with Crippen LogP contribution >= 0.6 is 0 Å². The third kappa shape index (κ3) is 7.05. The molecule has 0 saturated heterocycles. The van der Waals surface area contributed by atoms with Gasteiger partial charge in [0.05, 0.1) is 0 Å². The number of nitrogens with one attached hydrogen (secondary N) is 2. The van der Waals surface area contributed by atoms with Crippen molar-refractivity contribution in [3.8, 4) is 11.1 Å². The molecular weight excluding hydrogens is 448 g/mol. The Kier molecular flexibility index (Phi) is 9.66. The van der Waals surface area contributed by atoms with E-state index >= 15 is 0 Å². The van der Waals surface area contributed by atoms with Gasteiger partial charge in [-0.25, -0.2) is 9.59 Å². The van der Waals surface area contributed by atoms with Gasteiger partial charge in [0.2, 0.25) is 5.91 Å². The predicted molar refractivity (Wildman–Crippen MR) is 132 cm³/mol. The molecule has 2 amide bonds. The van der Waals surface area contributed by atoms with Gasteiger partial charge in [0, 0.05) is 31.9 Å². The van der Waals surface area contributed by atoms with E-state index in [1.807, 2.05) is 31.2 Å². The number of carbonyl (C=O) groups is 3. The molecule has 0 fully saturated rings. The van der Waals surface area contributed by atoms with Crippen molar-refractivity contribution in [3.05, 3.63) is 59.7 Å². The molecule has 0 aromatic heterocycles. The van der Waals surface area contributed by atoms with Crippen molar-refractivity contribution in [2.45, 2.75) is 51.0 Å². The van der Waals surface area contributed by atoms with Crippen molar-refractivity contribution in [1.29, 1.82) is 0 Å². The smallest absolute Gasteiger partial charge is 0.407 e. The molecule has 8 heteroatoms. The average Bonchev–Trinajstić information content (AvgIpc) is 3.18. The molecule has 2 aromatic rings. The summed E-state index contributed by atoms with van der Waals surface area (Å²) in [5.41, 5.74) is 4.68. The van der Waals surface area contributed by atoms with E-state index in [4.69, 9.17) is 14.9 Å². The molecule has 0 radical (unpaired) electrons. The Hall–Kier alpha value is -3.39. The molecule has 0 saturated carbocycles. The summed E-state index contributed by atoms with van der Waals surface area (Å²) < 4.78 is 5.55. The summed E-state index contributed by atoms with van der Waals surface area (Å²) >= 11 is 0. The highest BCUT2D eigenvalue weighted by Crippen LogP contribution is 2.44. The zero-order chi connectivity index (χ0) is 25.2. The van der Waals surface area contributed by atoms with Crippen molar-refractivity contribution >= 4 is 18.0 Å². The Morgan fingerprint density at radius 2 is 1.60 bits per heavy atom. The number of ether oxygens (including phenoxy) is 1. The average molecular weight is 483 g/mol. The SMILES string of the molecule is CCC(CCNC(=O)OCC1c2ccccc2-c2ccccc21)CCC(=O)N[C@H](CCO)C(=O)O. The molecule has 0 spiro atoms. The summed E-state index contributed by atoms with van der Waals surface area (Å²) in [6.07, 6.45) is 1.81. The number of carboxylic acids is 1. The first-order valence-electron chi connectivity index (χ1n) is 12.2. The topological polar surface area (TPSA) is 125 Å². The molecule has 2 atom stereocenters. The fourth-order valence-corrected chi connectivity index (χ4v) is 4.57. The largest absolute Gasteiger partial charge is 0.480 e. The summed E-state index contributed by atoms with van der Waals surface area (Å²) in [6.45, 7) is 2.40. The van der Waals surface area contributed by atoms with Crippen molar-refractivity contribution in [2.75, 3.05) is 19.8 Å². The monoisotopic (exact) mass is 482 g/mol. The van der Waals surface area contributed by atoms with Gasteiger partial charge in [0.25, 0.3) is 0 Å². The number of aliphatic hydroxyl groups is 1. The van der Waals surface area contributed by atoms with Gasteiger partial charge < -0.3 is 25.6 Å². The maximum Gasteiger partial charge on any atom is 0.407 e. The molecule has 8 nitrogen and oxygen atoms in total. The highest BCUT2D eigenvalue weighted by atomic mass is 16.5. The Balaban J connectivity index is 1.41. The van der Waals surface area contributed by atoms with Crippen molar-refractivity contribution < 1.29 is 29.3 Å². The molecule has 1 aliphatic carbocycles. The van der Waals surface area contributed by atoms with Crippen LogP contribution in [0.3, 0.4) is 0 Å². The number of alkyl carbamates (subject to hydrolysis) is 1. The molecule has 0 aliphatic heterocycles. The summed E-state index contributed by atoms with van der Waals surface area (Å²) in [5, 5.41) is 23.2. The standard InChI is InChI=1S/C27H34N2O6/c1-2-18(11-12-25(31)29-24(14-16-30)26(32)33)13-15-28-27(34)35-17-23-21-9-5-3-7-19(21)20-8-4-6-10-22(20)23/h3-10,18,23-24,30H,2,11-17H2,1H3,(H,28,34)(H,29,31)(H,32,33)/t18?,24-/m1/s1. The van der Waals surface area contributed by atoms with Crippen LogP contribution in [0, 0.1) is 5.92 Å². The lowest BCUT2D eigenvalue weighted by Gasteiger charge is -2.17. The highest BCUT2D eigenvalue weighted by molar-refractivity contribution is 5.83. The van der Waals surface area contributed by atoms with Gasteiger partial charge in [0.15, 0.2) is 0 Å². The van der Waals surface area contributed by atoms with E-state index in [1.165, 1.54) is 11.1 Å². The van der Waals surface area contributed by atoms with Crippen LogP contribution in [0.15, 0.2) is 48.5 Å². The molecule has 2 aromatic carbocycles. The van der Waals surface area contributed by atoms with Gasteiger partial charge in [-0.2, -0.15) is 0 Å². The minimum atomic E-state index is -1.16. The molecule has 188 valence electrons. The van der Waals surface area contributed by atoms with Crippen LogP contribution in [-0.2, 0) is 14.3 Å².